The summed E-state index contributed by atoms with van der Waals surface area (Å²) in [6.45, 7) is 0.798. The molecular weight excluding hydrogens is 376 g/mol. The fourth-order valence-corrected chi connectivity index (χ4v) is 4.16. The van der Waals surface area contributed by atoms with E-state index in [0.717, 1.165) is 37.8 Å². The molecule has 0 unspecified atom stereocenters. The van der Waals surface area contributed by atoms with Crippen LogP contribution in [0.1, 0.15) is 25.7 Å². The second-order valence-corrected chi connectivity index (χ2v) is 8.51. The van der Waals surface area contributed by atoms with Crippen LogP contribution in [0.2, 0.25) is 0 Å². The van der Waals surface area contributed by atoms with Crippen LogP contribution in [-0.2, 0) is 10.0 Å². The molecule has 1 aromatic carbocycles. The van der Waals surface area contributed by atoms with Crippen LogP contribution in [-0.4, -0.2) is 31.7 Å². The molecule has 3 rings (SSSR count). The van der Waals surface area contributed by atoms with Gasteiger partial charge in [0.25, 0.3) is 10.0 Å². The van der Waals surface area contributed by atoms with Gasteiger partial charge in [0.05, 0.1) is 5.69 Å². The normalized spacial score (nSPS) is 15.8. The summed E-state index contributed by atoms with van der Waals surface area (Å²) >= 11 is 0. The molecule has 6 nitrogen and oxygen atoms in total. The van der Waals surface area contributed by atoms with Gasteiger partial charge in [-0.25, -0.2) is 22.2 Å². The fourth-order valence-electron chi connectivity index (χ4n) is 3.18. The van der Waals surface area contributed by atoms with E-state index in [1.54, 1.807) is 0 Å². The number of rotatable bonds is 8. The minimum Gasteiger partial charge on any atom is -0.396 e. The Labute approximate surface area is 156 Å². The zero-order valence-corrected chi connectivity index (χ0v) is 15.4. The SMILES string of the molecule is O=S(=O)(Nc1cc(F)cc(F)c1)c1ccc(NCC2(CCO)CCC2)nc1. The lowest BCUT2D eigenvalue weighted by Gasteiger charge is -2.41. The minimum absolute atomic E-state index is 0.0736. The Kier molecular flexibility index (Phi) is 5.61. The summed E-state index contributed by atoms with van der Waals surface area (Å²) in [6, 6.07) is 5.34. The summed E-state index contributed by atoms with van der Waals surface area (Å²) in [4.78, 5) is 3.98. The van der Waals surface area contributed by atoms with Crippen molar-refractivity contribution in [2.75, 3.05) is 23.2 Å². The molecule has 27 heavy (non-hydrogen) atoms. The van der Waals surface area contributed by atoms with Gasteiger partial charge in [-0.1, -0.05) is 6.42 Å². The average molecular weight is 397 g/mol. The topological polar surface area (TPSA) is 91.3 Å². The molecule has 146 valence electrons. The summed E-state index contributed by atoms with van der Waals surface area (Å²) < 4.78 is 53.3. The second kappa shape index (κ2) is 7.77. The predicted octanol–water partition coefficient (Wildman–Crippen LogP) is 3.13. The number of nitrogens with zero attached hydrogens (tertiary/aromatic N) is 1. The van der Waals surface area contributed by atoms with Crippen molar-refractivity contribution in [2.24, 2.45) is 5.41 Å². The van der Waals surface area contributed by atoms with E-state index in [1.807, 2.05) is 0 Å². The van der Waals surface area contributed by atoms with Gasteiger partial charge in [0.1, 0.15) is 22.3 Å². The van der Waals surface area contributed by atoms with Crippen LogP contribution in [0.5, 0.6) is 0 Å². The molecule has 3 N–H and O–H groups in total. The highest BCUT2D eigenvalue weighted by Gasteiger charge is 2.36. The third kappa shape index (κ3) is 4.72. The standard InChI is InChI=1S/C18H21F2N3O3S/c19-13-8-14(20)10-15(9-13)23-27(25,26)16-2-3-17(21-11-16)22-12-18(6-7-24)4-1-5-18/h2-3,8-11,23-24H,1,4-7,12H2,(H,21,22). The number of halogens is 2. The van der Waals surface area contributed by atoms with Gasteiger partial charge in [0.2, 0.25) is 0 Å². The number of aliphatic hydroxyl groups is 1. The van der Waals surface area contributed by atoms with E-state index in [-0.39, 0.29) is 22.6 Å². The molecule has 1 fully saturated rings. The van der Waals surface area contributed by atoms with E-state index in [0.29, 0.717) is 18.4 Å². The molecule has 0 atom stereocenters. The quantitative estimate of drug-likeness (QED) is 0.637. The largest absolute Gasteiger partial charge is 0.396 e. The van der Waals surface area contributed by atoms with Gasteiger partial charge in [-0.3, -0.25) is 4.72 Å². The van der Waals surface area contributed by atoms with Crippen molar-refractivity contribution in [1.29, 1.82) is 0 Å². The van der Waals surface area contributed by atoms with E-state index in [4.69, 9.17) is 0 Å². The lowest BCUT2D eigenvalue weighted by atomic mass is 9.67. The Morgan fingerprint density at radius 1 is 1.15 bits per heavy atom. The van der Waals surface area contributed by atoms with Gasteiger partial charge in [-0.2, -0.15) is 0 Å². The molecule has 0 bridgehead atoms. The van der Waals surface area contributed by atoms with Crippen molar-refractivity contribution in [3.63, 3.8) is 0 Å². The maximum Gasteiger partial charge on any atom is 0.263 e. The summed E-state index contributed by atoms with van der Waals surface area (Å²) in [5.41, 5.74) is -0.130. The van der Waals surface area contributed by atoms with Crippen LogP contribution in [0.15, 0.2) is 41.4 Å². The Morgan fingerprint density at radius 3 is 2.37 bits per heavy atom. The molecule has 0 amide bonds. The number of aromatic nitrogens is 1. The number of pyridine rings is 1. The monoisotopic (exact) mass is 397 g/mol. The molecule has 1 aromatic heterocycles. The lowest BCUT2D eigenvalue weighted by Crippen LogP contribution is -2.37. The number of benzene rings is 1. The number of anilines is 2. The van der Waals surface area contributed by atoms with Crippen molar-refractivity contribution in [3.8, 4) is 0 Å². The number of sulfonamides is 1. The molecule has 1 heterocycles. The fraction of sp³-hybridized carbons (Fsp3) is 0.389. The second-order valence-electron chi connectivity index (χ2n) is 6.82. The molecule has 1 saturated carbocycles. The van der Waals surface area contributed by atoms with Crippen molar-refractivity contribution in [3.05, 3.63) is 48.2 Å². The van der Waals surface area contributed by atoms with E-state index in [9.17, 15) is 22.3 Å². The van der Waals surface area contributed by atoms with Crippen molar-refractivity contribution in [2.45, 2.75) is 30.6 Å². The first-order valence-corrected chi connectivity index (χ1v) is 10.1. The molecule has 0 saturated heterocycles. The first-order valence-electron chi connectivity index (χ1n) is 8.62. The van der Waals surface area contributed by atoms with Crippen molar-refractivity contribution < 1.29 is 22.3 Å². The number of aliphatic hydroxyl groups excluding tert-OH is 1. The summed E-state index contributed by atoms with van der Waals surface area (Å²) in [7, 11) is -4.02. The van der Waals surface area contributed by atoms with E-state index >= 15 is 0 Å². The van der Waals surface area contributed by atoms with Crippen LogP contribution < -0.4 is 10.0 Å². The lowest BCUT2D eigenvalue weighted by molar-refractivity contribution is 0.102. The van der Waals surface area contributed by atoms with Gasteiger partial charge in [0, 0.05) is 25.4 Å². The Bertz CT molecular complexity index is 880. The van der Waals surface area contributed by atoms with Gasteiger partial charge in [-0.15, -0.1) is 0 Å². The molecule has 9 heteroatoms. The van der Waals surface area contributed by atoms with Gasteiger partial charge >= 0.3 is 0 Å². The van der Waals surface area contributed by atoms with E-state index < -0.39 is 21.7 Å². The number of nitrogens with one attached hydrogen (secondary N) is 2. The maximum absolute atomic E-state index is 13.2. The first-order chi connectivity index (χ1) is 12.8. The van der Waals surface area contributed by atoms with Crippen LogP contribution in [0.3, 0.4) is 0 Å². The summed E-state index contributed by atoms with van der Waals surface area (Å²) in [6.07, 6.45) is 5.13. The van der Waals surface area contributed by atoms with Crippen LogP contribution in [0.4, 0.5) is 20.3 Å². The molecule has 0 aliphatic heterocycles. The molecule has 1 aliphatic carbocycles. The van der Waals surface area contributed by atoms with Crippen LogP contribution in [0.25, 0.3) is 0 Å². The van der Waals surface area contributed by atoms with E-state index in [1.165, 1.54) is 18.3 Å². The number of hydrogen-bond acceptors (Lipinski definition) is 5. The summed E-state index contributed by atoms with van der Waals surface area (Å²) in [5.74, 6) is -1.23. The van der Waals surface area contributed by atoms with Crippen LogP contribution >= 0.6 is 0 Å². The molecule has 0 radical (unpaired) electrons. The molecule has 1 aliphatic rings. The van der Waals surface area contributed by atoms with Gasteiger partial charge < -0.3 is 10.4 Å². The Hall–Kier alpha value is -2.26. The van der Waals surface area contributed by atoms with E-state index in [2.05, 4.69) is 15.0 Å². The molecule has 2 aromatic rings. The minimum atomic E-state index is -4.02. The molecular formula is C18H21F2N3O3S. The highest BCUT2D eigenvalue weighted by molar-refractivity contribution is 7.92. The predicted molar refractivity (Wildman–Crippen MR) is 97.9 cm³/mol. The summed E-state index contributed by atoms with van der Waals surface area (Å²) in [5, 5.41) is 12.4. The zero-order chi connectivity index (χ0) is 19.5. The highest BCUT2D eigenvalue weighted by Crippen LogP contribution is 2.43. The Morgan fingerprint density at radius 2 is 1.85 bits per heavy atom. The van der Waals surface area contributed by atoms with Crippen molar-refractivity contribution >= 4 is 21.5 Å². The van der Waals surface area contributed by atoms with Crippen LogP contribution in [0, 0.1) is 17.0 Å². The molecule has 0 spiro atoms. The third-order valence-corrected chi connectivity index (χ3v) is 6.23. The number of hydrogen-bond donors (Lipinski definition) is 3. The maximum atomic E-state index is 13.2. The zero-order valence-electron chi connectivity index (χ0n) is 14.6. The highest BCUT2D eigenvalue weighted by atomic mass is 32.2. The third-order valence-electron chi connectivity index (χ3n) is 4.86. The van der Waals surface area contributed by atoms with Gasteiger partial charge in [-0.05, 0) is 48.9 Å². The Balaban J connectivity index is 1.66. The smallest absolute Gasteiger partial charge is 0.263 e. The van der Waals surface area contributed by atoms with Crippen molar-refractivity contribution in [1.82, 2.24) is 4.98 Å². The first kappa shape index (κ1) is 19.5. The van der Waals surface area contributed by atoms with Gasteiger partial charge in [0.15, 0.2) is 0 Å². The average Bonchev–Trinajstić information content (AvgIpc) is 2.56.